The van der Waals surface area contributed by atoms with E-state index in [9.17, 15) is 0 Å². The van der Waals surface area contributed by atoms with Gasteiger partial charge in [-0.1, -0.05) is 50.1 Å². The van der Waals surface area contributed by atoms with Crippen molar-refractivity contribution in [1.29, 1.82) is 0 Å². The van der Waals surface area contributed by atoms with Crippen LogP contribution in [0.2, 0.25) is 0 Å². The van der Waals surface area contributed by atoms with Gasteiger partial charge in [-0.2, -0.15) is 0 Å². The first kappa shape index (κ1) is 14.5. The first-order valence-electron chi connectivity index (χ1n) is 7.63. The second kappa shape index (κ2) is 7.06. The van der Waals surface area contributed by atoms with E-state index in [4.69, 9.17) is 0 Å². The predicted molar refractivity (Wildman–Crippen MR) is 82.3 cm³/mol. The van der Waals surface area contributed by atoms with Crippen molar-refractivity contribution in [3.63, 3.8) is 0 Å². The lowest BCUT2D eigenvalue weighted by Crippen LogP contribution is -2.40. The molecule has 1 aliphatic rings. The zero-order valence-corrected chi connectivity index (χ0v) is 12.6. The number of hydrogen-bond acceptors (Lipinski definition) is 2. The van der Waals surface area contributed by atoms with E-state index in [1.165, 1.54) is 31.2 Å². The molecule has 0 saturated heterocycles. The molecule has 1 fully saturated rings. The Morgan fingerprint density at radius 2 is 2.00 bits per heavy atom. The molecule has 0 amide bonds. The van der Waals surface area contributed by atoms with Gasteiger partial charge in [0.2, 0.25) is 0 Å². The van der Waals surface area contributed by atoms with Gasteiger partial charge in [-0.05, 0) is 38.4 Å². The third-order valence-corrected chi connectivity index (χ3v) is 4.55. The molecule has 0 spiro atoms. The summed E-state index contributed by atoms with van der Waals surface area (Å²) in [7, 11) is 4.35. The Bertz CT molecular complexity index is 363. The fourth-order valence-corrected chi connectivity index (χ4v) is 3.29. The second-order valence-electron chi connectivity index (χ2n) is 6.12. The Morgan fingerprint density at radius 1 is 1.26 bits per heavy atom. The van der Waals surface area contributed by atoms with Crippen molar-refractivity contribution in [3.05, 3.63) is 35.9 Å². The van der Waals surface area contributed by atoms with Gasteiger partial charge in [-0.25, -0.2) is 0 Å². The number of benzene rings is 1. The molecule has 1 aliphatic carbocycles. The van der Waals surface area contributed by atoms with Crippen LogP contribution in [0.1, 0.15) is 44.2 Å². The highest BCUT2D eigenvalue weighted by molar-refractivity contribution is 5.19. The molecular weight excluding hydrogens is 232 g/mol. The normalized spacial score (nSPS) is 25.5. The van der Waals surface area contributed by atoms with Crippen LogP contribution in [0.4, 0.5) is 0 Å². The van der Waals surface area contributed by atoms with Crippen molar-refractivity contribution in [3.8, 4) is 0 Å². The number of likely N-dealkylation sites (N-methyl/N-ethyl adjacent to an activating group) is 2. The Kier molecular flexibility index (Phi) is 5.41. The van der Waals surface area contributed by atoms with Gasteiger partial charge in [0, 0.05) is 18.6 Å². The quantitative estimate of drug-likeness (QED) is 0.872. The maximum Gasteiger partial charge on any atom is 0.0446 e. The number of hydrogen-bond donors (Lipinski definition) is 1. The third kappa shape index (κ3) is 4.05. The number of rotatable bonds is 5. The highest BCUT2D eigenvalue weighted by Gasteiger charge is 2.24. The molecule has 0 aromatic heterocycles. The van der Waals surface area contributed by atoms with Crippen molar-refractivity contribution in [2.24, 2.45) is 5.92 Å². The standard InChI is InChI=1S/C17H28N2/c1-14-8-7-11-16(12-14)19(3)13-17(18-2)15-9-5-4-6-10-15/h4-6,9-10,14,16-18H,7-8,11-13H2,1-3H3. The van der Waals surface area contributed by atoms with Crippen LogP contribution in [0.3, 0.4) is 0 Å². The lowest BCUT2D eigenvalue weighted by molar-refractivity contribution is 0.152. The molecule has 0 radical (unpaired) electrons. The van der Waals surface area contributed by atoms with Gasteiger partial charge < -0.3 is 10.2 Å². The van der Waals surface area contributed by atoms with Crippen LogP contribution in [0, 0.1) is 5.92 Å². The van der Waals surface area contributed by atoms with E-state index in [0.29, 0.717) is 6.04 Å². The molecule has 2 nitrogen and oxygen atoms in total. The van der Waals surface area contributed by atoms with Crippen molar-refractivity contribution >= 4 is 0 Å². The summed E-state index contributed by atoms with van der Waals surface area (Å²) in [5.41, 5.74) is 1.39. The molecule has 0 aliphatic heterocycles. The van der Waals surface area contributed by atoms with Crippen LogP contribution in [0.15, 0.2) is 30.3 Å². The van der Waals surface area contributed by atoms with Crippen LogP contribution in [-0.2, 0) is 0 Å². The van der Waals surface area contributed by atoms with Gasteiger partial charge in [0.15, 0.2) is 0 Å². The van der Waals surface area contributed by atoms with Crippen molar-refractivity contribution in [1.82, 2.24) is 10.2 Å². The van der Waals surface area contributed by atoms with E-state index < -0.39 is 0 Å². The van der Waals surface area contributed by atoms with E-state index >= 15 is 0 Å². The summed E-state index contributed by atoms with van der Waals surface area (Å²) in [4.78, 5) is 2.56. The van der Waals surface area contributed by atoms with Crippen LogP contribution in [0.25, 0.3) is 0 Å². The van der Waals surface area contributed by atoms with Crippen LogP contribution in [-0.4, -0.2) is 31.6 Å². The Labute approximate surface area is 118 Å². The minimum Gasteiger partial charge on any atom is -0.312 e. The van der Waals surface area contributed by atoms with Gasteiger partial charge in [-0.3, -0.25) is 0 Å². The summed E-state index contributed by atoms with van der Waals surface area (Å²) in [6, 6.07) is 12.0. The summed E-state index contributed by atoms with van der Waals surface area (Å²) >= 11 is 0. The van der Waals surface area contributed by atoms with Crippen molar-refractivity contribution in [2.75, 3.05) is 20.6 Å². The molecule has 106 valence electrons. The van der Waals surface area contributed by atoms with Crippen LogP contribution < -0.4 is 5.32 Å². The lowest BCUT2D eigenvalue weighted by Gasteiger charge is -2.36. The van der Waals surface area contributed by atoms with Crippen LogP contribution >= 0.6 is 0 Å². The van der Waals surface area contributed by atoms with E-state index in [2.05, 4.69) is 61.6 Å². The summed E-state index contributed by atoms with van der Waals surface area (Å²) in [6.07, 6.45) is 5.54. The fourth-order valence-electron chi connectivity index (χ4n) is 3.29. The molecular formula is C17H28N2. The van der Waals surface area contributed by atoms with E-state index in [0.717, 1.165) is 18.5 Å². The minimum absolute atomic E-state index is 0.434. The summed E-state index contributed by atoms with van der Waals surface area (Å²) in [5.74, 6) is 0.894. The summed E-state index contributed by atoms with van der Waals surface area (Å²) in [6.45, 7) is 3.49. The average Bonchev–Trinajstić information content (AvgIpc) is 2.45. The zero-order valence-electron chi connectivity index (χ0n) is 12.6. The average molecular weight is 260 g/mol. The lowest BCUT2D eigenvalue weighted by atomic mass is 9.86. The van der Waals surface area contributed by atoms with E-state index in [-0.39, 0.29) is 0 Å². The van der Waals surface area contributed by atoms with Crippen molar-refractivity contribution in [2.45, 2.75) is 44.7 Å². The minimum atomic E-state index is 0.434. The van der Waals surface area contributed by atoms with E-state index in [1.54, 1.807) is 0 Å². The highest BCUT2D eigenvalue weighted by Crippen LogP contribution is 2.27. The summed E-state index contributed by atoms with van der Waals surface area (Å²) in [5, 5.41) is 3.46. The maximum absolute atomic E-state index is 3.46. The predicted octanol–water partition coefficient (Wildman–Crippen LogP) is 3.46. The molecule has 1 N–H and O–H groups in total. The number of nitrogens with one attached hydrogen (secondary N) is 1. The van der Waals surface area contributed by atoms with Gasteiger partial charge in [-0.15, -0.1) is 0 Å². The summed E-state index contributed by atoms with van der Waals surface area (Å²) < 4.78 is 0. The highest BCUT2D eigenvalue weighted by atomic mass is 15.2. The first-order chi connectivity index (χ1) is 9.20. The van der Waals surface area contributed by atoms with Crippen molar-refractivity contribution < 1.29 is 0 Å². The molecule has 0 heterocycles. The smallest absolute Gasteiger partial charge is 0.0446 e. The van der Waals surface area contributed by atoms with Crippen LogP contribution in [0.5, 0.6) is 0 Å². The largest absolute Gasteiger partial charge is 0.312 e. The Hall–Kier alpha value is -0.860. The molecule has 2 heteroatoms. The van der Waals surface area contributed by atoms with Gasteiger partial charge >= 0.3 is 0 Å². The molecule has 19 heavy (non-hydrogen) atoms. The molecule has 2 rings (SSSR count). The molecule has 1 saturated carbocycles. The topological polar surface area (TPSA) is 15.3 Å². The monoisotopic (exact) mass is 260 g/mol. The SMILES string of the molecule is CNC(CN(C)C1CCCC(C)C1)c1ccccc1. The molecule has 1 aromatic rings. The maximum atomic E-state index is 3.46. The molecule has 0 bridgehead atoms. The van der Waals surface area contributed by atoms with Gasteiger partial charge in [0.25, 0.3) is 0 Å². The molecule has 3 atom stereocenters. The second-order valence-corrected chi connectivity index (χ2v) is 6.12. The van der Waals surface area contributed by atoms with E-state index in [1.807, 2.05) is 0 Å². The third-order valence-electron chi connectivity index (χ3n) is 4.55. The fraction of sp³-hybridized carbons (Fsp3) is 0.647. The number of nitrogens with zero attached hydrogens (tertiary/aromatic N) is 1. The Balaban J connectivity index is 1.94. The first-order valence-corrected chi connectivity index (χ1v) is 7.63. The van der Waals surface area contributed by atoms with Gasteiger partial charge in [0.05, 0.1) is 0 Å². The van der Waals surface area contributed by atoms with Gasteiger partial charge in [0.1, 0.15) is 0 Å². The molecule has 3 unspecified atom stereocenters. The zero-order chi connectivity index (χ0) is 13.7. The molecule has 1 aromatic carbocycles. The Morgan fingerprint density at radius 3 is 2.63 bits per heavy atom.